The smallest absolute Gasteiger partial charge is 0.225 e. The second kappa shape index (κ2) is 6.82. The number of carbonyl (C=O) groups excluding carboxylic acids is 1. The van der Waals surface area contributed by atoms with Gasteiger partial charge >= 0.3 is 0 Å². The van der Waals surface area contributed by atoms with Crippen LogP contribution in [0.3, 0.4) is 0 Å². The maximum Gasteiger partial charge on any atom is 0.225 e. The molecule has 0 radical (unpaired) electrons. The molecule has 2 fully saturated rings. The first-order valence-corrected chi connectivity index (χ1v) is 10.2. The van der Waals surface area contributed by atoms with Gasteiger partial charge in [-0.3, -0.25) is 4.79 Å². The van der Waals surface area contributed by atoms with Crippen LogP contribution in [0.4, 0.5) is 4.39 Å². The summed E-state index contributed by atoms with van der Waals surface area (Å²) in [5, 5.41) is -0.632. The van der Waals surface area contributed by atoms with Crippen LogP contribution in [0.2, 0.25) is 0 Å². The molecule has 1 unspecified atom stereocenters. The Morgan fingerprint density at radius 1 is 1.17 bits per heavy atom. The minimum atomic E-state index is -3.61. The molecule has 1 aromatic rings. The molecule has 0 N–H and O–H groups in total. The molecule has 1 heterocycles. The van der Waals surface area contributed by atoms with Gasteiger partial charge in [0.2, 0.25) is 5.91 Å². The summed E-state index contributed by atoms with van der Waals surface area (Å²) < 4.78 is 39.2. The fourth-order valence-electron chi connectivity index (χ4n) is 3.73. The van der Waals surface area contributed by atoms with Gasteiger partial charge in [0.15, 0.2) is 9.84 Å². The number of sulfone groups is 1. The topological polar surface area (TPSA) is 54.5 Å². The highest BCUT2D eigenvalue weighted by Gasteiger charge is 2.38. The minimum absolute atomic E-state index is 0.0163. The molecule has 132 valence electrons. The van der Waals surface area contributed by atoms with Gasteiger partial charge in [-0.1, -0.05) is 25.3 Å². The summed E-state index contributed by atoms with van der Waals surface area (Å²) in [6, 6.07) is 4.04. The number of nitrogens with zero attached hydrogens (tertiary/aromatic N) is 1. The van der Waals surface area contributed by atoms with Gasteiger partial charge in [0, 0.05) is 19.0 Å². The van der Waals surface area contributed by atoms with E-state index in [-0.39, 0.29) is 23.3 Å². The summed E-state index contributed by atoms with van der Waals surface area (Å²) in [6.07, 6.45) is 5.59. The average molecular weight is 353 g/mol. The average Bonchev–Trinajstić information content (AvgIpc) is 3.08. The lowest BCUT2D eigenvalue weighted by atomic mass is 9.88. The number of carbonyl (C=O) groups is 1. The Morgan fingerprint density at radius 2 is 1.88 bits per heavy atom. The molecule has 4 nitrogen and oxygen atoms in total. The Bertz CT molecular complexity index is 726. The monoisotopic (exact) mass is 353 g/mol. The second-order valence-electron chi connectivity index (χ2n) is 6.99. The quantitative estimate of drug-likeness (QED) is 0.839. The molecule has 1 saturated carbocycles. The molecule has 6 heteroatoms. The van der Waals surface area contributed by atoms with E-state index in [1.807, 2.05) is 0 Å². The van der Waals surface area contributed by atoms with E-state index in [1.54, 1.807) is 11.8 Å². The lowest BCUT2D eigenvalue weighted by Crippen LogP contribution is -2.37. The maximum absolute atomic E-state index is 13.7. The summed E-state index contributed by atoms with van der Waals surface area (Å²) in [7, 11) is -3.61. The molecule has 1 amide bonds. The first-order chi connectivity index (χ1) is 11.4. The van der Waals surface area contributed by atoms with Gasteiger partial charge in [-0.15, -0.1) is 0 Å². The van der Waals surface area contributed by atoms with E-state index in [0.717, 1.165) is 31.7 Å². The van der Waals surface area contributed by atoms with E-state index in [1.165, 1.54) is 18.6 Å². The van der Waals surface area contributed by atoms with Crippen molar-refractivity contribution in [2.24, 2.45) is 5.92 Å². The molecule has 1 aliphatic carbocycles. The Kier molecular flexibility index (Phi) is 4.95. The molecular weight excluding hydrogens is 329 g/mol. The lowest BCUT2D eigenvalue weighted by molar-refractivity contribution is -0.135. The van der Waals surface area contributed by atoms with Crippen LogP contribution < -0.4 is 0 Å². The van der Waals surface area contributed by atoms with Crippen molar-refractivity contribution >= 4 is 15.7 Å². The van der Waals surface area contributed by atoms with E-state index in [0.29, 0.717) is 18.5 Å². The zero-order chi connectivity index (χ0) is 17.3. The van der Waals surface area contributed by atoms with Gasteiger partial charge < -0.3 is 4.90 Å². The molecule has 1 aromatic carbocycles. The van der Waals surface area contributed by atoms with Gasteiger partial charge in [-0.05, 0) is 43.9 Å². The Hall–Kier alpha value is -1.43. The predicted molar refractivity (Wildman–Crippen MR) is 89.9 cm³/mol. The van der Waals surface area contributed by atoms with Gasteiger partial charge in [0.25, 0.3) is 0 Å². The van der Waals surface area contributed by atoms with E-state index < -0.39 is 20.9 Å². The van der Waals surface area contributed by atoms with Gasteiger partial charge in [-0.25, -0.2) is 12.8 Å². The molecule has 0 bridgehead atoms. The van der Waals surface area contributed by atoms with Gasteiger partial charge in [0.05, 0.1) is 10.1 Å². The second-order valence-corrected chi connectivity index (χ2v) is 9.21. The number of hydrogen-bond acceptors (Lipinski definition) is 3. The highest BCUT2D eigenvalue weighted by Crippen LogP contribution is 2.30. The Morgan fingerprint density at radius 3 is 2.54 bits per heavy atom. The Balaban J connectivity index is 1.72. The molecule has 3 rings (SSSR count). The van der Waals surface area contributed by atoms with Crippen LogP contribution >= 0.6 is 0 Å². The fourth-order valence-corrected chi connectivity index (χ4v) is 5.43. The number of amides is 1. The van der Waals surface area contributed by atoms with E-state index >= 15 is 0 Å². The SMILES string of the molecule is Cc1ccc(S(=O)(=O)C2CCN(C(=O)C3CCCCC3)C2)cc1F. The first kappa shape index (κ1) is 17.4. The number of rotatable bonds is 3. The summed E-state index contributed by atoms with van der Waals surface area (Å²) in [5.74, 6) is -0.358. The molecule has 1 atom stereocenters. The van der Waals surface area contributed by atoms with Crippen LogP contribution in [0.25, 0.3) is 0 Å². The van der Waals surface area contributed by atoms with Crippen molar-refractivity contribution in [2.75, 3.05) is 13.1 Å². The number of hydrogen-bond donors (Lipinski definition) is 0. The summed E-state index contributed by atoms with van der Waals surface area (Å²) in [5.41, 5.74) is 0.425. The van der Waals surface area contributed by atoms with Crippen molar-refractivity contribution in [3.05, 3.63) is 29.6 Å². The van der Waals surface area contributed by atoms with Crippen LogP contribution in [0.5, 0.6) is 0 Å². The first-order valence-electron chi connectivity index (χ1n) is 8.68. The normalized spacial score (nSPS) is 22.8. The van der Waals surface area contributed by atoms with Crippen molar-refractivity contribution in [3.63, 3.8) is 0 Å². The predicted octanol–water partition coefficient (Wildman–Crippen LogP) is 3.09. The van der Waals surface area contributed by atoms with E-state index in [4.69, 9.17) is 0 Å². The van der Waals surface area contributed by atoms with Crippen LogP contribution in [0, 0.1) is 18.7 Å². The molecule has 24 heavy (non-hydrogen) atoms. The minimum Gasteiger partial charge on any atom is -0.341 e. The van der Waals surface area contributed by atoms with Crippen LogP contribution in [-0.2, 0) is 14.6 Å². The van der Waals surface area contributed by atoms with Crippen molar-refractivity contribution in [1.82, 2.24) is 4.90 Å². The number of aryl methyl sites for hydroxylation is 1. The van der Waals surface area contributed by atoms with Crippen LogP contribution in [0.15, 0.2) is 23.1 Å². The van der Waals surface area contributed by atoms with Crippen molar-refractivity contribution in [3.8, 4) is 0 Å². The molecule has 1 aliphatic heterocycles. The largest absolute Gasteiger partial charge is 0.341 e. The number of halogens is 1. The van der Waals surface area contributed by atoms with Crippen LogP contribution in [0.1, 0.15) is 44.1 Å². The molecule has 0 spiro atoms. The van der Waals surface area contributed by atoms with E-state index in [9.17, 15) is 17.6 Å². The third-order valence-corrected chi connectivity index (χ3v) is 7.50. The molecule has 2 aliphatic rings. The summed E-state index contributed by atoms with van der Waals surface area (Å²) >= 11 is 0. The van der Waals surface area contributed by atoms with Crippen molar-refractivity contribution in [1.29, 1.82) is 0 Å². The standard InChI is InChI=1S/C18H24FNO3S/c1-13-7-8-15(11-17(13)19)24(22,23)16-9-10-20(12-16)18(21)14-5-3-2-4-6-14/h7-8,11,14,16H,2-6,9-10,12H2,1H3. The third-order valence-electron chi connectivity index (χ3n) is 5.32. The zero-order valence-corrected chi connectivity index (χ0v) is 14.8. The maximum atomic E-state index is 13.7. The number of likely N-dealkylation sites (tertiary alicyclic amines) is 1. The lowest BCUT2D eigenvalue weighted by Gasteiger charge is -2.26. The fraction of sp³-hybridized carbons (Fsp3) is 0.611. The van der Waals surface area contributed by atoms with E-state index in [2.05, 4.69) is 0 Å². The van der Waals surface area contributed by atoms with Gasteiger partial charge in [0.1, 0.15) is 5.82 Å². The van der Waals surface area contributed by atoms with Gasteiger partial charge in [-0.2, -0.15) is 0 Å². The molecular formula is C18H24FNO3S. The summed E-state index contributed by atoms with van der Waals surface area (Å²) in [6.45, 7) is 2.31. The van der Waals surface area contributed by atoms with Crippen molar-refractivity contribution < 1.29 is 17.6 Å². The molecule has 0 aromatic heterocycles. The molecule has 1 saturated heterocycles. The number of benzene rings is 1. The Labute approximate surface area is 143 Å². The highest BCUT2D eigenvalue weighted by atomic mass is 32.2. The highest BCUT2D eigenvalue weighted by molar-refractivity contribution is 7.92. The zero-order valence-electron chi connectivity index (χ0n) is 14.0. The third kappa shape index (κ3) is 3.34. The summed E-state index contributed by atoms with van der Waals surface area (Å²) in [4.78, 5) is 14.3. The van der Waals surface area contributed by atoms with Crippen molar-refractivity contribution in [2.45, 2.75) is 55.6 Å². The van der Waals surface area contributed by atoms with Crippen LogP contribution in [-0.4, -0.2) is 37.6 Å².